The molecule has 0 radical (unpaired) electrons. The van der Waals surface area contributed by atoms with Gasteiger partial charge in [-0.3, -0.25) is 29.0 Å². The molecule has 274 valence electrons. The van der Waals surface area contributed by atoms with E-state index in [1.165, 1.54) is 43.2 Å². The minimum Gasteiger partial charge on any atom is -0.270 e. The smallest absolute Gasteiger partial charge is 0.257 e. The van der Waals surface area contributed by atoms with Crippen LogP contribution in [0.25, 0.3) is 0 Å². The Bertz CT molecular complexity index is 1730. The van der Waals surface area contributed by atoms with Gasteiger partial charge in [0.25, 0.3) is 23.6 Å². The number of rotatable bonds is 16. The Morgan fingerprint density at radius 3 is 1.37 bits per heavy atom. The van der Waals surface area contributed by atoms with Crippen molar-refractivity contribution >= 4 is 23.6 Å². The normalized spacial score (nSPS) is 17.9. The number of hydrogen-bond donors (Lipinski definition) is 0. The lowest BCUT2D eigenvalue weighted by atomic mass is 9.90. The van der Waals surface area contributed by atoms with Crippen LogP contribution in [-0.2, 0) is 32.3 Å². The zero-order chi connectivity index (χ0) is 37.4. The lowest BCUT2D eigenvalue weighted by Gasteiger charge is -2.18. The molecule has 2 aliphatic heterocycles. The number of hydrogen-bond acceptors (Lipinski definition) is 4. The number of amides is 4. The van der Waals surface area contributed by atoms with Gasteiger partial charge >= 0.3 is 0 Å². The molecule has 5 rings (SSSR count). The Morgan fingerprint density at radius 1 is 0.558 bits per heavy atom. The van der Waals surface area contributed by atoms with Gasteiger partial charge in [-0.25, -0.2) is 0 Å². The van der Waals surface area contributed by atoms with Crippen LogP contribution in [0.5, 0.6) is 0 Å². The van der Waals surface area contributed by atoms with Crippen LogP contribution in [0, 0.1) is 0 Å². The van der Waals surface area contributed by atoms with Gasteiger partial charge in [0.05, 0.1) is 13.1 Å². The van der Waals surface area contributed by atoms with Crippen LogP contribution < -0.4 is 0 Å². The summed E-state index contributed by atoms with van der Waals surface area (Å²) in [6.07, 6.45) is 23.3. The molecule has 0 saturated heterocycles. The Labute approximate surface area is 311 Å². The van der Waals surface area contributed by atoms with E-state index >= 15 is 0 Å². The van der Waals surface area contributed by atoms with Gasteiger partial charge in [-0.2, -0.15) is 0 Å². The Hall–Kier alpha value is -4.58. The van der Waals surface area contributed by atoms with Gasteiger partial charge in [0, 0.05) is 22.3 Å². The molecule has 1 aromatic carbocycles. The van der Waals surface area contributed by atoms with Crippen molar-refractivity contribution in [2.45, 2.75) is 132 Å². The summed E-state index contributed by atoms with van der Waals surface area (Å²) in [7, 11) is 0. The third-order valence-electron chi connectivity index (χ3n) is 10.5. The maximum atomic E-state index is 13.5. The van der Waals surface area contributed by atoms with Crippen molar-refractivity contribution < 1.29 is 19.2 Å². The van der Waals surface area contributed by atoms with E-state index in [9.17, 15) is 19.2 Å². The molecule has 52 heavy (non-hydrogen) atoms. The lowest BCUT2D eigenvalue weighted by molar-refractivity contribution is -0.139. The summed E-state index contributed by atoms with van der Waals surface area (Å²) in [6, 6.07) is 7.55. The van der Waals surface area contributed by atoms with Crippen LogP contribution in [0.3, 0.4) is 0 Å². The zero-order valence-electron chi connectivity index (χ0n) is 32.2. The van der Waals surface area contributed by atoms with E-state index in [-0.39, 0.29) is 36.7 Å². The summed E-state index contributed by atoms with van der Waals surface area (Å²) in [5.41, 5.74) is 12.0. The molecule has 0 spiro atoms. The largest absolute Gasteiger partial charge is 0.270 e. The van der Waals surface area contributed by atoms with E-state index in [1.54, 1.807) is 0 Å². The number of carbonyl (C=O) groups is 4. The first-order chi connectivity index (χ1) is 24.9. The summed E-state index contributed by atoms with van der Waals surface area (Å²) in [6.45, 7) is 13.2. The summed E-state index contributed by atoms with van der Waals surface area (Å²) in [5.74, 6) is -0.835. The first-order valence-corrected chi connectivity index (χ1v) is 19.1. The second-order valence-corrected chi connectivity index (χ2v) is 15.4. The van der Waals surface area contributed by atoms with Crippen LogP contribution in [0.1, 0.15) is 130 Å². The highest BCUT2D eigenvalue weighted by Gasteiger charge is 2.40. The van der Waals surface area contributed by atoms with Crippen LogP contribution in [0.2, 0.25) is 0 Å². The predicted octanol–water partition coefficient (Wildman–Crippen LogP) is 10.4. The van der Waals surface area contributed by atoms with Gasteiger partial charge in [-0.1, -0.05) is 94.2 Å². The van der Waals surface area contributed by atoms with Gasteiger partial charge in [-0.15, -0.1) is 0 Å². The topological polar surface area (TPSA) is 74.8 Å². The van der Waals surface area contributed by atoms with E-state index in [2.05, 4.69) is 78.0 Å². The lowest BCUT2D eigenvalue weighted by Crippen LogP contribution is -2.32. The van der Waals surface area contributed by atoms with E-state index in [0.717, 1.165) is 62.5 Å². The van der Waals surface area contributed by atoms with Crippen molar-refractivity contribution in [2.24, 2.45) is 0 Å². The van der Waals surface area contributed by atoms with E-state index in [4.69, 9.17) is 0 Å². The molecule has 0 aromatic heterocycles. The molecular formula is C46H56N2O4. The van der Waals surface area contributed by atoms with Gasteiger partial charge in [-0.05, 0) is 130 Å². The second-order valence-electron chi connectivity index (χ2n) is 15.4. The van der Waals surface area contributed by atoms with Crippen molar-refractivity contribution in [1.82, 2.24) is 9.80 Å². The molecule has 1 aromatic rings. The summed E-state index contributed by atoms with van der Waals surface area (Å²) < 4.78 is 0. The molecular weight excluding hydrogens is 645 g/mol. The third-order valence-corrected chi connectivity index (χ3v) is 10.5. The van der Waals surface area contributed by atoms with Crippen molar-refractivity contribution in [3.63, 3.8) is 0 Å². The fourth-order valence-corrected chi connectivity index (χ4v) is 7.48. The minimum atomic E-state index is -0.213. The number of allylic oxidation sites excluding steroid dienone is 12. The molecule has 6 heteroatoms. The monoisotopic (exact) mass is 700 g/mol. The van der Waals surface area contributed by atoms with Gasteiger partial charge < -0.3 is 0 Å². The van der Waals surface area contributed by atoms with Crippen LogP contribution in [0.4, 0.5) is 0 Å². The molecule has 0 fully saturated rings. The van der Waals surface area contributed by atoms with E-state index in [1.807, 2.05) is 24.3 Å². The minimum absolute atomic E-state index is 0.161. The quantitative estimate of drug-likeness (QED) is 0.127. The highest BCUT2D eigenvalue weighted by atomic mass is 16.2. The average Bonchev–Trinajstić information content (AvgIpc) is 3.47. The number of imide groups is 2. The van der Waals surface area contributed by atoms with Crippen molar-refractivity contribution in [1.29, 1.82) is 0 Å². The van der Waals surface area contributed by atoms with Crippen LogP contribution in [0.15, 0.2) is 116 Å². The van der Waals surface area contributed by atoms with Crippen molar-refractivity contribution in [2.75, 3.05) is 0 Å². The number of nitrogens with zero attached hydrogens (tertiary/aromatic N) is 2. The van der Waals surface area contributed by atoms with Gasteiger partial charge in [0.15, 0.2) is 0 Å². The summed E-state index contributed by atoms with van der Waals surface area (Å²) in [5, 5.41) is 0. The maximum Gasteiger partial charge on any atom is 0.257 e. The standard InChI is InChI=1S/C46H56N2O4/c1-31(2)12-7-14-33(5)16-9-18-35-22-24-39-41(27-35)45(51)47(43(39)49)29-37-20-11-21-38(26-37)30-48-44(50)40-25-23-36(28-42(40)46(48)52)19-10-17-34(6)15-8-13-32(3)4/h11-13,16-17,20-23,26H,7-10,14-15,18-19,24-25,27-30H2,1-6H3/b33-16-,34-17-. The van der Waals surface area contributed by atoms with Crippen molar-refractivity contribution in [3.8, 4) is 0 Å². The predicted molar refractivity (Wildman–Crippen MR) is 210 cm³/mol. The third kappa shape index (κ3) is 9.84. The Kier molecular flexibility index (Phi) is 13.2. The molecule has 4 amide bonds. The van der Waals surface area contributed by atoms with Crippen molar-refractivity contribution in [3.05, 3.63) is 128 Å². The highest BCUT2D eigenvalue weighted by Crippen LogP contribution is 2.37. The SMILES string of the molecule is CC(C)=CCC/C(C)=C\CCC1=CCC2=C(C1)C(=O)N(Cc1cccc(CN3C(=O)C4=C(CC(CC/C=C(/C)CCC=C(C)C)=CC4)C3=O)c1)C2=O. The number of benzene rings is 1. The Morgan fingerprint density at radius 2 is 0.962 bits per heavy atom. The Balaban J connectivity index is 1.12. The summed E-state index contributed by atoms with van der Waals surface area (Å²) >= 11 is 0. The molecule has 4 aliphatic rings. The molecule has 0 atom stereocenters. The molecule has 2 heterocycles. The average molecular weight is 701 g/mol. The van der Waals surface area contributed by atoms with E-state index in [0.29, 0.717) is 48.0 Å². The summed E-state index contributed by atoms with van der Waals surface area (Å²) in [4.78, 5) is 56.5. The second kappa shape index (κ2) is 17.8. The van der Waals surface area contributed by atoms with Crippen LogP contribution >= 0.6 is 0 Å². The van der Waals surface area contributed by atoms with Gasteiger partial charge in [0.1, 0.15) is 0 Å². The molecule has 0 saturated carbocycles. The molecule has 0 unspecified atom stereocenters. The van der Waals surface area contributed by atoms with E-state index < -0.39 is 0 Å². The van der Waals surface area contributed by atoms with Gasteiger partial charge in [0.2, 0.25) is 0 Å². The molecule has 6 nitrogen and oxygen atoms in total. The fourth-order valence-electron chi connectivity index (χ4n) is 7.48. The molecule has 2 aliphatic carbocycles. The maximum absolute atomic E-state index is 13.5. The zero-order valence-corrected chi connectivity index (χ0v) is 32.2. The molecule has 0 N–H and O–H groups in total. The molecule has 0 bridgehead atoms. The number of carbonyl (C=O) groups excluding carboxylic acids is 4. The van der Waals surface area contributed by atoms with Crippen LogP contribution in [-0.4, -0.2) is 33.4 Å². The fraction of sp³-hybridized carbons (Fsp3) is 0.435. The first-order valence-electron chi connectivity index (χ1n) is 19.1. The first kappa shape index (κ1) is 38.6. The highest BCUT2D eigenvalue weighted by molar-refractivity contribution is 6.20.